The van der Waals surface area contributed by atoms with Gasteiger partial charge in [-0.25, -0.2) is 4.98 Å². The first-order valence-electron chi connectivity index (χ1n) is 10.6. The highest BCUT2D eigenvalue weighted by Crippen LogP contribution is 2.39. The quantitative estimate of drug-likeness (QED) is 0.601. The average molecular weight is 465 g/mol. The molecule has 9 nitrogen and oxygen atoms in total. The van der Waals surface area contributed by atoms with Crippen LogP contribution in [0.1, 0.15) is 39.7 Å². The van der Waals surface area contributed by atoms with Crippen molar-refractivity contribution in [3.05, 3.63) is 52.5 Å². The van der Waals surface area contributed by atoms with Crippen molar-refractivity contribution in [1.82, 2.24) is 4.98 Å². The van der Waals surface area contributed by atoms with Crippen molar-refractivity contribution in [2.75, 3.05) is 24.2 Å². The molecule has 0 spiro atoms. The predicted molar refractivity (Wildman–Crippen MR) is 120 cm³/mol. The molecule has 0 radical (unpaired) electrons. The number of aryl methyl sites for hydroxylation is 1. The molecule has 0 unspecified atom stereocenters. The number of aromatic nitrogens is 1. The molecule has 0 fully saturated rings. The van der Waals surface area contributed by atoms with Gasteiger partial charge in [-0.05, 0) is 49.6 Å². The van der Waals surface area contributed by atoms with Gasteiger partial charge in [0.2, 0.25) is 19.5 Å². The Hall–Kier alpha value is -3.79. The first kappa shape index (κ1) is 19.9. The van der Waals surface area contributed by atoms with Crippen molar-refractivity contribution < 1.29 is 28.5 Å². The van der Waals surface area contributed by atoms with Crippen LogP contribution < -0.4 is 29.6 Å². The molecule has 3 aromatic rings. The highest BCUT2D eigenvalue weighted by molar-refractivity contribution is 7.16. The molecule has 2 amide bonds. The number of fused-ring (bicyclic) bond motifs is 3. The molecular weight excluding hydrogens is 446 g/mol. The Balaban J connectivity index is 1.18. The largest absolute Gasteiger partial charge is 0.454 e. The summed E-state index contributed by atoms with van der Waals surface area (Å²) < 4.78 is 21.3. The van der Waals surface area contributed by atoms with Crippen molar-refractivity contribution >= 4 is 34.0 Å². The molecule has 3 heterocycles. The van der Waals surface area contributed by atoms with Crippen LogP contribution in [0.15, 0.2) is 36.4 Å². The number of thiazole rings is 1. The summed E-state index contributed by atoms with van der Waals surface area (Å²) in [7, 11) is 0. The Kier molecular flexibility index (Phi) is 4.79. The van der Waals surface area contributed by atoms with E-state index in [-0.39, 0.29) is 31.3 Å². The third kappa shape index (κ3) is 3.72. The summed E-state index contributed by atoms with van der Waals surface area (Å²) in [6.07, 6.45) is 2.41. The van der Waals surface area contributed by atoms with Crippen molar-refractivity contribution in [3.63, 3.8) is 0 Å². The Morgan fingerprint density at radius 1 is 0.909 bits per heavy atom. The minimum Gasteiger partial charge on any atom is -0.454 e. The number of hydrogen-bond donors (Lipinski definition) is 2. The Morgan fingerprint density at radius 3 is 2.45 bits per heavy atom. The topological polar surface area (TPSA) is 108 Å². The van der Waals surface area contributed by atoms with Gasteiger partial charge < -0.3 is 24.3 Å². The van der Waals surface area contributed by atoms with Gasteiger partial charge in [-0.1, -0.05) is 0 Å². The van der Waals surface area contributed by atoms with Gasteiger partial charge in [0, 0.05) is 22.2 Å². The average Bonchev–Trinajstić information content (AvgIpc) is 3.56. The van der Waals surface area contributed by atoms with Crippen molar-refractivity contribution in [2.45, 2.75) is 25.2 Å². The van der Waals surface area contributed by atoms with Crippen LogP contribution in [-0.2, 0) is 11.2 Å². The van der Waals surface area contributed by atoms with Crippen LogP contribution in [0.5, 0.6) is 23.0 Å². The third-order valence-corrected chi connectivity index (χ3v) is 6.81. The molecule has 10 heteroatoms. The zero-order valence-corrected chi connectivity index (χ0v) is 18.2. The first-order chi connectivity index (χ1) is 16.1. The van der Waals surface area contributed by atoms with Gasteiger partial charge in [-0.15, -0.1) is 11.3 Å². The van der Waals surface area contributed by atoms with E-state index in [2.05, 4.69) is 15.6 Å². The molecule has 3 aliphatic rings. The molecule has 2 aromatic carbocycles. The third-order valence-electron chi connectivity index (χ3n) is 5.77. The van der Waals surface area contributed by atoms with E-state index in [0.717, 1.165) is 23.4 Å². The van der Waals surface area contributed by atoms with Gasteiger partial charge in [-0.2, -0.15) is 0 Å². The Labute approximate surface area is 192 Å². The van der Waals surface area contributed by atoms with Crippen LogP contribution >= 0.6 is 11.3 Å². The summed E-state index contributed by atoms with van der Waals surface area (Å²) in [6.45, 7) is 0.327. The summed E-state index contributed by atoms with van der Waals surface area (Å²) in [5, 5.41) is 6.29. The fourth-order valence-electron chi connectivity index (χ4n) is 4.14. The lowest BCUT2D eigenvalue weighted by molar-refractivity contribution is -0.117. The van der Waals surface area contributed by atoms with E-state index in [1.54, 1.807) is 36.4 Å². The molecule has 0 bridgehead atoms. The standard InChI is InChI=1S/C23H19N3O6S/c27-21(12-4-6-15-17(8-12)31-10-29-15)26-23-25-20-14(2-1-3-19(20)33-23)22(28)24-13-5-7-16-18(9-13)32-11-30-16/h4-9,14H,1-3,10-11H2,(H,24,28)(H,25,26,27)/t14-/m0/s1. The van der Waals surface area contributed by atoms with Gasteiger partial charge >= 0.3 is 0 Å². The van der Waals surface area contributed by atoms with E-state index in [4.69, 9.17) is 18.9 Å². The van der Waals surface area contributed by atoms with Gasteiger partial charge in [0.15, 0.2) is 28.1 Å². The molecule has 2 aliphatic heterocycles. The van der Waals surface area contributed by atoms with Crippen LogP contribution in [-0.4, -0.2) is 30.4 Å². The molecule has 6 rings (SSSR count). The SMILES string of the molecule is O=C(Nc1nc2c(s1)CCC[C@@H]2C(=O)Nc1ccc2c(c1)OCO2)c1ccc2c(c1)OCO2. The molecule has 0 saturated carbocycles. The molecule has 1 atom stereocenters. The van der Waals surface area contributed by atoms with Crippen molar-refractivity contribution in [2.24, 2.45) is 0 Å². The predicted octanol–water partition coefficient (Wildman–Crippen LogP) is 3.91. The lowest BCUT2D eigenvalue weighted by atomic mass is 9.90. The Morgan fingerprint density at radius 2 is 1.64 bits per heavy atom. The van der Waals surface area contributed by atoms with Crippen LogP contribution in [0, 0.1) is 0 Å². The number of hydrogen-bond acceptors (Lipinski definition) is 8. The van der Waals surface area contributed by atoms with Gasteiger partial charge in [0.1, 0.15) is 0 Å². The summed E-state index contributed by atoms with van der Waals surface area (Å²) in [4.78, 5) is 31.4. The number of benzene rings is 2. The minimum atomic E-state index is -0.383. The zero-order valence-electron chi connectivity index (χ0n) is 17.4. The summed E-state index contributed by atoms with van der Waals surface area (Å²) in [5.74, 6) is 1.63. The second-order valence-corrected chi connectivity index (χ2v) is 8.94. The van der Waals surface area contributed by atoms with Crippen molar-refractivity contribution in [3.8, 4) is 23.0 Å². The molecular formula is C23H19N3O6S. The fourth-order valence-corrected chi connectivity index (χ4v) is 5.20. The van der Waals surface area contributed by atoms with E-state index >= 15 is 0 Å². The smallest absolute Gasteiger partial charge is 0.257 e. The van der Waals surface area contributed by atoms with Crippen LogP contribution in [0.3, 0.4) is 0 Å². The van der Waals surface area contributed by atoms with E-state index in [9.17, 15) is 9.59 Å². The van der Waals surface area contributed by atoms with E-state index in [1.807, 2.05) is 0 Å². The minimum absolute atomic E-state index is 0.131. The lowest BCUT2D eigenvalue weighted by Gasteiger charge is -2.20. The number of nitrogens with zero attached hydrogens (tertiary/aromatic N) is 1. The number of amides is 2. The fraction of sp³-hybridized carbons (Fsp3) is 0.261. The zero-order chi connectivity index (χ0) is 22.4. The maximum absolute atomic E-state index is 13.1. The second kappa shape index (κ2) is 7.96. The summed E-state index contributed by atoms with van der Waals surface area (Å²) in [6, 6.07) is 10.3. The number of anilines is 2. The van der Waals surface area contributed by atoms with Crippen LogP contribution in [0.2, 0.25) is 0 Å². The molecule has 2 N–H and O–H groups in total. The maximum Gasteiger partial charge on any atom is 0.257 e. The van der Waals surface area contributed by atoms with E-state index in [0.29, 0.717) is 45.8 Å². The van der Waals surface area contributed by atoms with Gasteiger partial charge in [0.05, 0.1) is 11.6 Å². The summed E-state index contributed by atoms with van der Waals surface area (Å²) in [5.41, 5.74) is 1.82. The van der Waals surface area contributed by atoms with E-state index in [1.165, 1.54) is 11.3 Å². The molecule has 33 heavy (non-hydrogen) atoms. The lowest BCUT2D eigenvalue weighted by Crippen LogP contribution is -2.24. The monoisotopic (exact) mass is 465 g/mol. The first-order valence-corrected chi connectivity index (χ1v) is 11.4. The van der Waals surface area contributed by atoms with E-state index < -0.39 is 0 Å². The highest BCUT2D eigenvalue weighted by atomic mass is 32.1. The van der Waals surface area contributed by atoms with Crippen LogP contribution in [0.25, 0.3) is 0 Å². The number of carbonyl (C=O) groups is 2. The second-order valence-electron chi connectivity index (χ2n) is 7.85. The highest BCUT2D eigenvalue weighted by Gasteiger charge is 2.31. The molecule has 1 aromatic heterocycles. The molecule has 168 valence electrons. The molecule has 1 aliphatic carbocycles. The number of ether oxygens (including phenoxy) is 4. The van der Waals surface area contributed by atoms with Crippen molar-refractivity contribution in [1.29, 1.82) is 0 Å². The maximum atomic E-state index is 13.1. The number of nitrogens with one attached hydrogen (secondary N) is 2. The van der Waals surface area contributed by atoms with Crippen LogP contribution in [0.4, 0.5) is 10.8 Å². The normalized spacial score (nSPS) is 17.4. The summed E-state index contributed by atoms with van der Waals surface area (Å²) >= 11 is 1.41. The molecule has 0 saturated heterocycles. The Bertz CT molecular complexity index is 1270. The van der Waals surface area contributed by atoms with Gasteiger partial charge in [0.25, 0.3) is 5.91 Å². The number of rotatable bonds is 4. The number of carbonyl (C=O) groups excluding carboxylic acids is 2. The van der Waals surface area contributed by atoms with Gasteiger partial charge in [-0.3, -0.25) is 14.9 Å².